The molecule has 1 heterocycles. The molecule has 0 bridgehead atoms. The number of hydrogen-bond donors (Lipinski definition) is 1. The fourth-order valence-electron chi connectivity index (χ4n) is 1.07. The molecule has 0 saturated carbocycles. The molecule has 4 heteroatoms. The first-order valence-corrected chi connectivity index (χ1v) is 11.8. The van der Waals surface area contributed by atoms with Gasteiger partial charge in [0.15, 0.2) is 0 Å². The molecular formula is C9H18OSSi2. The summed E-state index contributed by atoms with van der Waals surface area (Å²) < 4.78 is 2.71. The summed E-state index contributed by atoms with van der Waals surface area (Å²) in [7, 11) is -3.21. The Morgan fingerprint density at radius 1 is 1.00 bits per heavy atom. The van der Waals surface area contributed by atoms with Gasteiger partial charge < -0.3 is 4.80 Å². The Labute approximate surface area is 86.6 Å². The number of hydrogen-bond acceptors (Lipinski definition) is 2. The van der Waals surface area contributed by atoms with E-state index in [-0.39, 0.29) is 0 Å². The van der Waals surface area contributed by atoms with Gasteiger partial charge in [0.05, 0.1) is 8.07 Å². The number of rotatable bonds is 2. The summed E-state index contributed by atoms with van der Waals surface area (Å²) in [5, 5.41) is 0. The lowest BCUT2D eigenvalue weighted by Crippen LogP contribution is -2.40. The van der Waals surface area contributed by atoms with Crippen LogP contribution in [0.2, 0.25) is 32.7 Å². The Morgan fingerprint density at radius 2 is 1.46 bits per heavy atom. The van der Waals surface area contributed by atoms with Crippen molar-refractivity contribution < 1.29 is 4.80 Å². The normalized spacial score (nSPS) is 13.4. The Bertz CT molecular complexity index is 265. The van der Waals surface area contributed by atoms with Crippen LogP contribution >= 0.6 is 11.3 Å². The van der Waals surface area contributed by atoms with Gasteiger partial charge in [-0.3, -0.25) is 0 Å². The first kappa shape index (κ1) is 11.2. The summed E-state index contributed by atoms with van der Waals surface area (Å²) in [6.45, 7) is 11.0. The largest absolute Gasteiger partial charge is 0.427 e. The van der Waals surface area contributed by atoms with Gasteiger partial charge in [-0.2, -0.15) is 11.3 Å². The average molecular weight is 230 g/mol. The maximum absolute atomic E-state index is 9.93. The molecule has 1 nitrogen and oxygen atoms in total. The van der Waals surface area contributed by atoms with Gasteiger partial charge in [-0.05, 0) is 17.6 Å². The minimum Gasteiger partial charge on any atom is -0.427 e. The second-order valence-corrected chi connectivity index (χ2v) is 15.5. The topological polar surface area (TPSA) is 20.2 Å². The molecule has 1 aromatic rings. The zero-order valence-corrected chi connectivity index (χ0v) is 11.8. The Hall–Kier alpha value is 0.0938. The highest BCUT2D eigenvalue weighted by molar-refractivity contribution is 7.34. The predicted octanol–water partition coefficient (Wildman–Crippen LogP) is 1.70. The molecule has 0 aromatic carbocycles. The average Bonchev–Trinajstić information content (AvgIpc) is 2.28. The summed E-state index contributed by atoms with van der Waals surface area (Å²) in [5.74, 6) is 0. The molecule has 1 rings (SSSR count). The maximum Gasteiger partial charge on any atom is 0.224 e. The Balaban J connectivity index is 3.01. The zero-order chi connectivity index (χ0) is 10.3. The molecule has 74 valence electrons. The standard InChI is InChI=1S/C9H18OSSi2/c1-12(2,3)8-6-7-9(11-8)13(4,5)10/h6-7,10H,1-5H3. The third-order valence-electron chi connectivity index (χ3n) is 1.95. The van der Waals surface area contributed by atoms with Crippen molar-refractivity contribution in [3.05, 3.63) is 12.1 Å². The van der Waals surface area contributed by atoms with Gasteiger partial charge >= 0.3 is 0 Å². The van der Waals surface area contributed by atoms with Crippen molar-refractivity contribution in [2.75, 3.05) is 0 Å². The third-order valence-corrected chi connectivity index (χ3v) is 9.63. The van der Waals surface area contributed by atoms with Gasteiger partial charge in [0.25, 0.3) is 0 Å². The SMILES string of the molecule is C[Si](C)(C)c1ccc([Si](C)(C)O)s1. The minimum absolute atomic E-state index is 1.16. The van der Waals surface area contributed by atoms with E-state index in [2.05, 4.69) is 31.8 Å². The highest BCUT2D eigenvalue weighted by Crippen LogP contribution is 2.09. The van der Waals surface area contributed by atoms with Gasteiger partial charge in [-0.15, -0.1) is 0 Å². The van der Waals surface area contributed by atoms with E-state index in [9.17, 15) is 4.80 Å². The van der Waals surface area contributed by atoms with E-state index in [0.717, 1.165) is 0 Å². The monoisotopic (exact) mass is 230 g/mol. The molecule has 0 spiro atoms. The molecule has 0 amide bonds. The molecule has 0 fully saturated rings. The molecule has 0 unspecified atom stereocenters. The van der Waals surface area contributed by atoms with Crippen molar-refractivity contribution in [1.82, 2.24) is 0 Å². The van der Waals surface area contributed by atoms with Gasteiger partial charge in [-0.25, -0.2) is 0 Å². The molecule has 0 saturated heterocycles. The second kappa shape index (κ2) is 3.35. The van der Waals surface area contributed by atoms with E-state index < -0.39 is 16.4 Å². The van der Waals surface area contributed by atoms with E-state index >= 15 is 0 Å². The van der Waals surface area contributed by atoms with Crippen LogP contribution in [0.25, 0.3) is 0 Å². The second-order valence-electron chi connectivity index (χ2n) is 4.97. The quantitative estimate of drug-likeness (QED) is 0.767. The summed E-state index contributed by atoms with van der Waals surface area (Å²) in [6, 6.07) is 4.32. The van der Waals surface area contributed by atoms with Crippen molar-refractivity contribution in [3.63, 3.8) is 0 Å². The molecule has 0 aliphatic heterocycles. The van der Waals surface area contributed by atoms with E-state index in [4.69, 9.17) is 0 Å². The van der Waals surface area contributed by atoms with E-state index in [0.29, 0.717) is 0 Å². The van der Waals surface area contributed by atoms with Crippen molar-refractivity contribution in [2.45, 2.75) is 32.7 Å². The molecule has 13 heavy (non-hydrogen) atoms. The zero-order valence-electron chi connectivity index (χ0n) is 9.01. The van der Waals surface area contributed by atoms with Crippen molar-refractivity contribution in [1.29, 1.82) is 0 Å². The lowest BCUT2D eigenvalue weighted by molar-refractivity contribution is 0.569. The minimum atomic E-state index is -2.05. The summed E-state index contributed by atoms with van der Waals surface area (Å²) in [5.41, 5.74) is 0. The third kappa shape index (κ3) is 2.77. The van der Waals surface area contributed by atoms with Crippen LogP contribution in [0.1, 0.15) is 0 Å². The van der Waals surface area contributed by atoms with Crippen LogP contribution in [0, 0.1) is 0 Å². The van der Waals surface area contributed by atoms with Gasteiger partial charge in [0.2, 0.25) is 8.32 Å². The molecular weight excluding hydrogens is 212 g/mol. The van der Waals surface area contributed by atoms with Crippen LogP contribution in [0.4, 0.5) is 0 Å². The first-order valence-electron chi connectivity index (χ1n) is 4.54. The van der Waals surface area contributed by atoms with E-state index in [1.165, 1.54) is 9.00 Å². The molecule has 0 atom stereocenters. The van der Waals surface area contributed by atoms with E-state index in [1.54, 1.807) is 0 Å². The van der Waals surface area contributed by atoms with Crippen molar-refractivity contribution >= 4 is 36.7 Å². The van der Waals surface area contributed by atoms with Crippen LogP contribution in [0.15, 0.2) is 12.1 Å². The summed E-state index contributed by atoms with van der Waals surface area (Å²) >= 11 is 1.82. The van der Waals surface area contributed by atoms with Gasteiger partial charge in [0.1, 0.15) is 0 Å². The molecule has 1 N–H and O–H groups in total. The smallest absolute Gasteiger partial charge is 0.224 e. The van der Waals surface area contributed by atoms with Gasteiger partial charge in [0, 0.05) is 4.50 Å². The fourth-order valence-corrected chi connectivity index (χ4v) is 5.84. The molecule has 0 aliphatic rings. The van der Waals surface area contributed by atoms with Crippen LogP contribution in [0.5, 0.6) is 0 Å². The molecule has 0 aliphatic carbocycles. The van der Waals surface area contributed by atoms with Crippen molar-refractivity contribution in [3.8, 4) is 0 Å². The van der Waals surface area contributed by atoms with Crippen LogP contribution in [-0.4, -0.2) is 21.2 Å². The van der Waals surface area contributed by atoms with Gasteiger partial charge in [-0.1, -0.05) is 31.8 Å². The highest BCUT2D eigenvalue weighted by Gasteiger charge is 2.25. The van der Waals surface area contributed by atoms with Crippen LogP contribution in [0.3, 0.4) is 0 Å². The summed E-state index contributed by atoms with van der Waals surface area (Å²) in [4.78, 5) is 9.93. The maximum atomic E-state index is 9.93. The van der Waals surface area contributed by atoms with Crippen LogP contribution in [-0.2, 0) is 0 Å². The highest BCUT2D eigenvalue weighted by atomic mass is 32.1. The molecule has 0 radical (unpaired) electrons. The molecule has 1 aromatic heterocycles. The number of thiophene rings is 1. The Kier molecular flexibility index (Phi) is 2.87. The summed E-state index contributed by atoms with van der Waals surface area (Å²) in [6.07, 6.45) is 0. The first-order chi connectivity index (χ1) is 5.71. The Morgan fingerprint density at radius 3 is 1.69 bits per heavy atom. The predicted molar refractivity (Wildman–Crippen MR) is 66.6 cm³/mol. The lowest BCUT2D eigenvalue weighted by Gasteiger charge is -2.14. The fraction of sp³-hybridized carbons (Fsp3) is 0.556. The van der Waals surface area contributed by atoms with Crippen LogP contribution < -0.4 is 9.00 Å². The lowest BCUT2D eigenvalue weighted by atomic mass is 10.7. The van der Waals surface area contributed by atoms with E-state index in [1.807, 2.05) is 24.4 Å². The van der Waals surface area contributed by atoms with Crippen molar-refractivity contribution in [2.24, 2.45) is 0 Å².